The lowest BCUT2D eigenvalue weighted by Gasteiger charge is -2.08. The van der Waals surface area contributed by atoms with Crippen molar-refractivity contribution in [1.82, 2.24) is 0 Å². The summed E-state index contributed by atoms with van der Waals surface area (Å²) in [7, 11) is -3.54. The molecule has 0 saturated heterocycles. The summed E-state index contributed by atoms with van der Waals surface area (Å²) < 4.78 is 38.0. The molecule has 3 N–H and O–H groups in total. The highest BCUT2D eigenvalue weighted by Gasteiger charge is 2.11. The number of aryl methyl sites for hydroxylation is 1. The molecule has 0 heterocycles. The summed E-state index contributed by atoms with van der Waals surface area (Å²) in [4.78, 5) is 0. The van der Waals surface area contributed by atoms with Crippen molar-refractivity contribution in [3.63, 3.8) is 0 Å². The third-order valence-electron chi connectivity index (χ3n) is 1.78. The number of anilines is 1. The van der Waals surface area contributed by atoms with Gasteiger partial charge in [0.2, 0.25) is 10.0 Å². The molecule has 1 rings (SSSR count). The highest BCUT2D eigenvalue weighted by Crippen LogP contribution is 2.16. The Balaban J connectivity index is 2.90. The second kappa shape index (κ2) is 4.59. The van der Waals surface area contributed by atoms with Gasteiger partial charge in [-0.25, -0.2) is 12.8 Å². The molecular formula is C9H13FN2O2S. The predicted molar refractivity (Wildman–Crippen MR) is 57.6 cm³/mol. The van der Waals surface area contributed by atoms with Crippen LogP contribution in [0.4, 0.5) is 10.1 Å². The van der Waals surface area contributed by atoms with E-state index >= 15 is 0 Å². The van der Waals surface area contributed by atoms with Crippen molar-refractivity contribution in [2.45, 2.75) is 6.92 Å². The summed E-state index contributed by atoms with van der Waals surface area (Å²) in [5.74, 6) is -0.809. The Hall–Kier alpha value is -1.14. The first-order valence-electron chi connectivity index (χ1n) is 4.41. The maximum atomic E-state index is 13.3. The van der Waals surface area contributed by atoms with Crippen LogP contribution in [0.3, 0.4) is 0 Å². The quantitative estimate of drug-likeness (QED) is 0.807. The van der Waals surface area contributed by atoms with Crippen LogP contribution in [0, 0.1) is 12.7 Å². The van der Waals surface area contributed by atoms with Crippen molar-refractivity contribution in [3.05, 3.63) is 29.6 Å². The molecule has 0 aliphatic rings. The minimum absolute atomic E-state index is 0.00279. The van der Waals surface area contributed by atoms with Crippen LogP contribution in [0.5, 0.6) is 0 Å². The molecule has 1 aromatic carbocycles. The van der Waals surface area contributed by atoms with Gasteiger partial charge < -0.3 is 5.73 Å². The lowest BCUT2D eigenvalue weighted by atomic mass is 10.2. The van der Waals surface area contributed by atoms with Crippen LogP contribution in [-0.4, -0.2) is 20.7 Å². The van der Waals surface area contributed by atoms with Crippen molar-refractivity contribution in [3.8, 4) is 0 Å². The lowest BCUT2D eigenvalue weighted by molar-refractivity contribution is 0.598. The molecule has 0 unspecified atom stereocenters. The van der Waals surface area contributed by atoms with E-state index in [9.17, 15) is 12.8 Å². The zero-order valence-corrected chi connectivity index (χ0v) is 9.14. The number of hydrogen-bond acceptors (Lipinski definition) is 3. The normalized spacial score (nSPS) is 11.4. The molecule has 0 atom stereocenters. The molecule has 0 fully saturated rings. The Bertz CT molecular complexity index is 445. The van der Waals surface area contributed by atoms with Crippen LogP contribution < -0.4 is 10.5 Å². The first kappa shape index (κ1) is 11.9. The van der Waals surface area contributed by atoms with E-state index in [1.165, 1.54) is 12.1 Å². The maximum Gasteiger partial charge on any atom is 0.234 e. The molecule has 0 amide bonds. The highest BCUT2D eigenvalue weighted by atomic mass is 32.2. The monoisotopic (exact) mass is 232 g/mol. The summed E-state index contributed by atoms with van der Waals surface area (Å²) in [6.07, 6.45) is 0. The van der Waals surface area contributed by atoms with Gasteiger partial charge in [0, 0.05) is 6.54 Å². The minimum Gasteiger partial charge on any atom is -0.329 e. The number of halogens is 1. The van der Waals surface area contributed by atoms with Crippen LogP contribution in [0.2, 0.25) is 0 Å². The average molecular weight is 232 g/mol. The molecule has 84 valence electrons. The fourth-order valence-electron chi connectivity index (χ4n) is 1.08. The Kier molecular flexibility index (Phi) is 3.65. The summed E-state index contributed by atoms with van der Waals surface area (Å²) in [5.41, 5.74) is 5.80. The molecule has 15 heavy (non-hydrogen) atoms. The van der Waals surface area contributed by atoms with Crippen molar-refractivity contribution in [1.29, 1.82) is 0 Å². The minimum atomic E-state index is -3.54. The van der Waals surface area contributed by atoms with Crippen LogP contribution in [-0.2, 0) is 10.0 Å². The van der Waals surface area contributed by atoms with Crippen molar-refractivity contribution < 1.29 is 12.8 Å². The van der Waals surface area contributed by atoms with Crippen molar-refractivity contribution in [2.75, 3.05) is 17.0 Å². The first-order chi connectivity index (χ1) is 6.94. The van der Waals surface area contributed by atoms with Crippen LogP contribution in [0.1, 0.15) is 5.56 Å². The van der Waals surface area contributed by atoms with Gasteiger partial charge >= 0.3 is 0 Å². The highest BCUT2D eigenvalue weighted by molar-refractivity contribution is 7.92. The van der Waals surface area contributed by atoms with Crippen LogP contribution in [0.15, 0.2) is 18.2 Å². The topological polar surface area (TPSA) is 72.2 Å². The lowest BCUT2D eigenvalue weighted by Crippen LogP contribution is -2.22. The smallest absolute Gasteiger partial charge is 0.234 e. The van der Waals surface area contributed by atoms with Gasteiger partial charge in [-0.05, 0) is 24.6 Å². The van der Waals surface area contributed by atoms with Crippen molar-refractivity contribution >= 4 is 15.7 Å². The van der Waals surface area contributed by atoms with E-state index in [-0.39, 0.29) is 18.0 Å². The molecule has 0 aromatic heterocycles. The Labute approximate surface area is 88.3 Å². The average Bonchev–Trinajstić information content (AvgIpc) is 2.09. The van der Waals surface area contributed by atoms with Gasteiger partial charge in [0.15, 0.2) is 0 Å². The molecule has 1 aromatic rings. The van der Waals surface area contributed by atoms with Gasteiger partial charge in [-0.3, -0.25) is 4.72 Å². The zero-order chi connectivity index (χ0) is 11.5. The predicted octanol–water partition coefficient (Wildman–Crippen LogP) is 0.835. The number of rotatable bonds is 4. The van der Waals surface area contributed by atoms with Crippen LogP contribution >= 0.6 is 0 Å². The fourth-order valence-corrected chi connectivity index (χ4v) is 1.99. The number of hydrogen-bond donors (Lipinski definition) is 2. The summed E-state index contributed by atoms with van der Waals surface area (Å²) in [6, 6.07) is 4.28. The van der Waals surface area contributed by atoms with E-state index in [0.717, 1.165) is 5.56 Å². The molecular weight excluding hydrogens is 219 g/mol. The summed E-state index contributed by atoms with van der Waals surface area (Å²) in [5, 5.41) is 0. The van der Waals surface area contributed by atoms with Gasteiger partial charge in [0.05, 0.1) is 11.4 Å². The summed E-state index contributed by atoms with van der Waals surface area (Å²) in [6.45, 7) is 1.73. The maximum absolute atomic E-state index is 13.3. The Morgan fingerprint density at radius 1 is 1.47 bits per heavy atom. The van der Waals surface area contributed by atoms with Crippen molar-refractivity contribution in [2.24, 2.45) is 5.73 Å². The molecule has 0 saturated carbocycles. The first-order valence-corrected chi connectivity index (χ1v) is 6.06. The van der Waals surface area contributed by atoms with Gasteiger partial charge in [0.1, 0.15) is 5.82 Å². The molecule has 4 nitrogen and oxygen atoms in total. The Morgan fingerprint density at radius 2 is 2.13 bits per heavy atom. The fraction of sp³-hybridized carbons (Fsp3) is 0.333. The summed E-state index contributed by atoms with van der Waals surface area (Å²) >= 11 is 0. The molecule has 0 bridgehead atoms. The van der Waals surface area contributed by atoms with Gasteiger partial charge in [-0.1, -0.05) is 6.07 Å². The zero-order valence-electron chi connectivity index (χ0n) is 8.33. The molecule has 0 radical (unpaired) electrons. The number of sulfonamides is 1. The van der Waals surface area contributed by atoms with Gasteiger partial charge in [-0.15, -0.1) is 0 Å². The van der Waals surface area contributed by atoms with E-state index < -0.39 is 15.8 Å². The van der Waals surface area contributed by atoms with Gasteiger partial charge in [-0.2, -0.15) is 0 Å². The van der Waals surface area contributed by atoms with E-state index in [4.69, 9.17) is 5.73 Å². The second-order valence-corrected chi connectivity index (χ2v) is 5.03. The molecule has 6 heteroatoms. The third-order valence-corrected chi connectivity index (χ3v) is 3.08. The standard InChI is InChI=1S/C9H13FN2O2S/c1-7-2-3-9(8(10)6-7)12-15(13,14)5-4-11/h2-3,6,12H,4-5,11H2,1H3. The molecule has 0 aliphatic heterocycles. The molecule has 0 spiro atoms. The van der Waals surface area contributed by atoms with E-state index in [1.54, 1.807) is 13.0 Å². The SMILES string of the molecule is Cc1ccc(NS(=O)(=O)CCN)c(F)c1. The van der Waals surface area contributed by atoms with E-state index in [0.29, 0.717) is 0 Å². The number of nitrogens with one attached hydrogen (secondary N) is 1. The molecule has 0 aliphatic carbocycles. The van der Waals surface area contributed by atoms with Gasteiger partial charge in [0.25, 0.3) is 0 Å². The number of nitrogens with two attached hydrogens (primary N) is 1. The Morgan fingerprint density at radius 3 is 2.67 bits per heavy atom. The second-order valence-electron chi connectivity index (χ2n) is 3.19. The van der Waals surface area contributed by atoms with E-state index in [1.807, 2.05) is 0 Å². The third kappa shape index (κ3) is 3.49. The van der Waals surface area contributed by atoms with E-state index in [2.05, 4.69) is 4.72 Å². The van der Waals surface area contributed by atoms with Crippen LogP contribution in [0.25, 0.3) is 0 Å². The largest absolute Gasteiger partial charge is 0.329 e. The number of benzene rings is 1.